The lowest BCUT2D eigenvalue weighted by atomic mass is 9.81. The highest BCUT2D eigenvalue weighted by Crippen LogP contribution is 2.48. The summed E-state index contributed by atoms with van der Waals surface area (Å²) in [5.74, 6) is 0.331. The van der Waals surface area contributed by atoms with E-state index >= 15 is 0 Å². The second-order valence-corrected chi connectivity index (χ2v) is 6.68. The molecule has 2 atom stereocenters. The van der Waals surface area contributed by atoms with Crippen LogP contribution in [-0.4, -0.2) is 51.2 Å². The van der Waals surface area contributed by atoms with Crippen molar-refractivity contribution in [2.45, 2.75) is 39.2 Å². The molecule has 2 amide bonds. The number of rotatable bonds is 5. The number of carboxylic acid groups (broad SMARTS) is 1. The molecule has 1 saturated carbocycles. The highest BCUT2D eigenvalue weighted by Gasteiger charge is 2.55. The molecule has 1 aliphatic carbocycles. The molecule has 7 nitrogen and oxygen atoms in total. The molecular weight excluding hydrogens is 296 g/mol. The first-order valence-corrected chi connectivity index (χ1v) is 8.27. The zero-order chi connectivity index (χ0) is 16.4. The Bertz CT molecular complexity index is 600. The van der Waals surface area contributed by atoms with Gasteiger partial charge in [0.05, 0.1) is 5.41 Å². The fourth-order valence-corrected chi connectivity index (χ4v) is 3.99. The van der Waals surface area contributed by atoms with Crippen LogP contribution in [0.15, 0.2) is 12.4 Å². The number of aliphatic carboxylic acids is 1. The molecule has 2 heterocycles. The van der Waals surface area contributed by atoms with Crippen molar-refractivity contribution in [1.82, 2.24) is 19.8 Å². The highest BCUT2D eigenvalue weighted by atomic mass is 16.4. The Kier molecular flexibility index (Phi) is 4.28. The summed E-state index contributed by atoms with van der Waals surface area (Å²) < 4.78 is 2.05. The van der Waals surface area contributed by atoms with Crippen molar-refractivity contribution in [1.29, 1.82) is 0 Å². The summed E-state index contributed by atoms with van der Waals surface area (Å²) in [7, 11) is 0. The zero-order valence-electron chi connectivity index (χ0n) is 13.5. The molecule has 7 heteroatoms. The number of carboxylic acids is 1. The Morgan fingerprint density at radius 1 is 1.52 bits per heavy atom. The van der Waals surface area contributed by atoms with Crippen molar-refractivity contribution in [2.75, 3.05) is 19.6 Å². The second kappa shape index (κ2) is 6.22. The number of amides is 2. The summed E-state index contributed by atoms with van der Waals surface area (Å²) >= 11 is 0. The molecule has 1 aromatic rings. The molecule has 2 fully saturated rings. The number of carbonyl (C=O) groups excluding carboxylic acids is 1. The number of nitrogens with one attached hydrogen (secondary N) is 1. The number of carbonyl (C=O) groups is 2. The molecule has 23 heavy (non-hydrogen) atoms. The molecule has 1 saturated heterocycles. The molecule has 0 radical (unpaired) electrons. The van der Waals surface area contributed by atoms with E-state index in [2.05, 4.69) is 10.3 Å². The van der Waals surface area contributed by atoms with Gasteiger partial charge in [-0.25, -0.2) is 9.78 Å². The van der Waals surface area contributed by atoms with Crippen LogP contribution in [0.1, 0.15) is 31.5 Å². The Balaban J connectivity index is 1.46. The van der Waals surface area contributed by atoms with E-state index in [0.29, 0.717) is 26.1 Å². The quantitative estimate of drug-likeness (QED) is 0.804. The van der Waals surface area contributed by atoms with Crippen molar-refractivity contribution in [3.63, 3.8) is 0 Å². The van der Waals surface area contributed by atoms with Gasteiger partial charge in [-0.05, 0) is 32.1 Å². The van der Waals surface area contributed by atoms with Crippen LogP contribution in [0.3, 0.4) is 0 Å². The van der Waals surface area contributed by atoms with E-state index in [0.717, 1.165) is 31.6 Å². The maximum absolute atomic E-state index is 12.3. The molecule has 0 bridgehead atoms. The van der Waals surface area contributed by atoms with Gasteiger partial charge in [0.2, 0.25) is 0 Å². The van der Waals surface area contributed by atoms with Crippen LogP contribution in [0.4, 0.5) is 4.79 Å². The van der Waals surface area contributed by atoms with Crippen LogP contribution >= 0.6 is 0 Å². The fourth-order valence-electron chi connectivity index (χ4n) is 3.99. The van der Waals surface area contributed by atoms with Crippen molar-refractivity contribution < 1.29 is 14.7 Å². The number of aromatic nitrogens is 2. The van der Waals surface area contributed by atoms with Crippen LogP contribution in [0.2, 0.25) is 0 Å². The van der Waals surface area contributed by atoms with E-state index in [4.69, 9.17) is 0 Å². The van der Waals surface area contributed by atoms with Gasteiger partial charge in [0.25, 0.3) is 0 Å². The second-order valence-electron chi connectivity index (χ2n) is 6.68. The average Bonchev–Trinajstić information content (AvgIpc) is 3.17. The Hall–Kier alpha value is -2.05. The average molecular weight is 320 g/mol. The monoisotopic (exact) mass is 320 g/mol. The standard InChI is InChI=1S/C16H24N4O3/c1-12-17-7-9-19(12)8-3-6-18-15(23)20-10-13-4-2-5-16(13,11-20)14(21)22/h7,9,13H,2-6,8,10-11H2,1H3,(H,18,23)(H,21,22)/t13-,16+/m0/s1. The fraction of sp³-hybridized carbons (Fsp3) is 0.688. The first-order chi connectivity index (χ1) is 11.0. The lowest BCUT2D eigenvalue weighted by molar-refractivity contribution is -0.149. The van der Waals surface area contributed by atoms with E-state index < -0.39 is 11.4 Å². The van der Waals surface area contributed by atoms with Crippen molar-refractivity contribution in [3.8, 4) is 0 Å². The van der Waals surface area contributed by atoms with Gasteiger partial charge in [0.15, 0.2) is 0 Å². The molecule has 2 N–H and O–H groups in total. The topological polar surface area (TPSA) is 87.5 Å². The molecule has 1 aliphatic heterocycles. The predicted molar refractivity (Wildman–Crippen MR) is 84.0 cm³/mol. The lowest BCUT2D eigenvalue weighted by Gasteiger charge is -2.23. The SMILES string of the molecule is Cc1nccn1CCCNC(=O)N1C[C@@H]2CCC[C@@]2(C(=O)O)C1. The van der Waals surface area contributed by atoms with Gasteiger partial charge in [-0.1, -0.05) is 6.42 Å². The Labute approximate surface area is 135 Å². The summed E-state index contributed by atoms with van der Waals surface area (Å²) in [6.45, 7) is 4.26. The van der Waals surface area contributed by atoms with Crippen LogP contribution in [0, 0.1) is 18.3 Å². The third kappa shape index (κ3) is 2.92. The number of imidazole rings is 1. The van der Waals surface area contributed by atoms with Crippen LogP contribution in [0.5, 0.6) is 0 Å². The largest absolute Gasteiger partial charge is 0.481 e. The number of hydrogen-bond donors (Lipinski definition) is 2. The first kappa shape index (κ1) is 15.8. The molecule has 0 aromatic carbocycles. The lowest BCUT2D eigenvalue weighted by Crippen LogP contribution is -2.42. The summed E-state index contributed by atoms with van der Waals surface area (Å²) in [6, 6.07) is -0.137. The Morgan fingerprint density at radius 2 is 2.35 bits per heavy atom. The molecule has 0 spiro atoms. The summed E-state index contributed by atoms with van der Waals surface area (Å²) in [5.41, 5.74) is -0.703. The minimum atomic E-state index is -0.745. The number of fused-ring (bicyclic) bond motifs is 1. The van der Waals surface area contributed by atoms with Crippen molar-refractivity contribution in [2.24, 2.45) is 11.3 Å². The number of likely N-dealkylation sites (tertiary alicyclic amines) is 1. The predicted octanol–water partition coefficient (Wildman–Crippen LogP) is 1.48. The molecule has 0 unspecified atom stereocenters. The van der Waals surface area contributed by atoms with E-state index in [1.807, 2.05) is 17.7 Å². The van der Waals surface area contributed by atoms with Gasteiger partial charge in [-0.2, -0.15) is 0 Å². The number of nitrogens with zero attached hydrogens (tertiary/aromatic N) is 3. The van der Waals surface area contributed by atoms with Gasteiger partial charge < -0.3 is 19.9 Å². The summed E-state index contributed by atoms with van der Waals surface area (Å²) in [5, 5.41) is 12.5. The smallest absolute Gasteiger partial charge is 0.317 e. The maximum Gasteiger partial charge on any atom is 0.317 e. The van der Waals surface area contributed by atoms with Gasteiger partial charge in [0, 0.05) is 38.6 Å². The summed E-state index contributed by atoms with van der Waals surface area (Å²) in [4.78, 5) is 29.7. The van der Waals surface area contributed by atoms with E-state index in [-0.39, 0.29) is 11.9 Å². The third-order valence-corrected chi connectivity index (χ3v) is 5.36. The van der Waals surface area contributed by atoms with Crippen LogP contribution in [0.25, 0.3) is 0 Å². The van der Waals surface area contributed by atoms with E-state index in [9.17, 15) is 14.7 Å². The van der Waals surface area contributed by atoms with Gasteiger partial charge in [-0.3, -0.25) is 4.79 Å². The van der Waals surface area contributed by atoms with E-state index in [1.54, 1.807) is 11.1 Å². The Morgan fingerprint density at radius 3 is 3.00 bits per heavy atom. The van der Waals surface area contributed by atoms with Crippen molar-refractivity contribution in [3.05, 3.63) is 18.2 Å². The minimum absolute atomic E-state index is 0.111. The van der Waals surface area contributed by atoms with Crippen LogP contribution < -0.4 is 5.32 Å². The number of urea groups is 1. The molecular formula is C16H24N4O3. The molecule has 1 aromatic heterocycles. The minimum Gasteiger partial charge on any atom is -0.481 e. The zero-order valence-corrected chi connectivity index (χ0v) is 13.5. The first-order valence-electron chi connectivity index (χ1n) is 8.27. The van der Waals surface area contributed by atoms with E-state index in [1.165, 1.54) is 0 Å². The molecule has 2 aliphatic rings. The maximum atomic E-state index is 12.3. The normalized spacial score (nSPS) is 26.3. The van der Waals surface area contributed by atoms with Crippen molar-refractivity contribution >= 4 is 12.0 Å². The van der Waals surface area contributed by atoms with Crippen LogP contribution in [-0.2, 0) is 11.3 Å². The number of aryl methyl sites for hydroxylation is 2. The number of hydrogen-bond acceptors (Lipinski definition) is 3. The molecule has 126 valence electrons. The highest BCUT2D eigenvalue weighted by molar-refractivity contribution is 5.80. The van der Waals surface area contributed by atoms with Gasteiger partial charge >= 0.3 is 12.0 Å². The van der Waals surface area contributed by atoms with Gasteiger partial charge in [-0.15, -0.1) is 0 Å². The third-order valence-electron chi connectivity index (χ3n) is 5.36. The molecule has 3 rings (SSSR count). The summed E-state index contributed by atoms with van der Waals surface area (Å²) in [6.07, 6.45) is 7.07. The van der Waals surface area contributed by atoms with Gasteiger partial charge in [0.1, 0.15) is 5.82 Å².